The van der Waals surface area contributed by atoms with Crippen LogP contribution in [0.5, 0.6) is 23.0 Å². The van der Waals surface area contributed by atoms with E-state index in [0.29, 0.717) is 26.4 Å². The number of aromatic nitrogens is 4. The smallest absolute Gasteiger partial charge is 0.138 e. The molecule has 2 aliphatic heterocycles. The van der Waals surface area contributed by atoms with Gasteiger partial charge in [0.25, 0.3) is 0 Å². The average molecular weight is 1480 g/mol. The topological polar surface area (TPSA) is 94.3 Å². The minimum absolute atomic E-state index is 0.611. The summed E-state index contributed by atoms with van der Waals surface area (Å²) < 4.78 is 28.4. The number of aromatic amines is 2. The van der Waals surface area contributed by atoms with Crippen LogP contribution >= 0.6 is 0 Å². The Kier molecular flexibility index (Phi) is 42.1. The van der Waals surface area contributed by atoms with E-state index in [4.69, 9.17) is 28.9 Å². The van der Waals surface area contributed by atoms with Crippen LogP contribution in [-0.4, -0.2) is 62.5 Å². The van der Waals surface area contributed by atoms with Crippen molar-refractivity contribution in [3.8, 4) is 68.2 Å². The molecule has 7 rings (SSSR count). The van der Waals surface area contributed by atoms with Gasteiger partial charge in [0.2, 0.25) is 0 Å². The monoisotopic (exact) mass is 1480 g/mol. The molecule has 0 spiro atoms. The summed E-state index contributed by atoms with van der Waals surface area (Å²) in [5, 5.41) is 0. The Hall–Kier alpha value is -6.21. The first-order valence-electron chi connectivity index (χ1n) is 44.2. The van der Waals surface area contributed by atoms with Gasteiger partial charge < -0.3 is 28.9 Å². The number of benzene rings is 2. The summed E-state index contributed by atoms with van der Waals surface area (Å²) in [4.78, 5) is 20.3. The maximum Gasteiger partial charge on any atom is 0.138 e. The normalized spacial score (nSPS) is 12.0. The summed E-state index contributed by atoms with van der Waals surface area (Å²) in [5.74, 6) is 11.6. The Morgan fingerprint density at radius 2 is 0.500 bits per heavy atom. The van der Waals surface area contributed by atoms with Gasteiger partial charge in [0.1, 0.15) is 39.1 Å². The Morgan fingerprint density at radius 1 is 0.264 bits per heavy atom. The fourth-order valence-corrected chi connectivity index (χ4v) is 24.3. The zero-order chi connectivity index (χ0) is 75.1. The van der Waals surface area contributed by atoms with Gasteiger partial charge in [-0.25, -0.2) is 9.97 Å². The molecule has 5 aromatic rings. The lowest BCUT2D eigenvalue weighted by molar-refractivity contribution is 0.292. The summed E-state index contributed by atoms with van der Waals surface area (Å²) in [5.41, 5.74) is 21.6. The van der Waals surface area contributed by atoms with Gasteiger partial charge in [-0.2, -0.15) is 0 Å². The van der Waals surface area contributed by atoms with Crippen LogP contribution in [0.4, 0.5) is 0 Å². The molecule has 106 heavy (non-hydrogen) atoms. The first-order valence-corrected chi connectivity index (χ1v) is 49.4. The van der Waals surface area contributed by atoms with Crippen LogP contribution in [0.2, 0.25) is 36.3 Å². The van der Waals surface area contributed by atoms with Crippen LogP contribution in [0.15, 0.2) is 60.7 Å². The standard InChI is InChI=1S/C96H146N4O4Si2/c1-11-21-31-41-67-101-89-53-51-54-90(102-68-42-32-22-12-2)95(89)93-85-61-57-81(97-85)79(65-77-105(71-45-35-25-15-5,72-46-36-26-16-6)73-47-37-27-17-7)83-59-63-87(99-83)94(96-91(103-69-43-33-23-13-3)55-52-56-92(96)104-70-44-34-24-14-4)88-64-60-84(100-88)80(82-58-62-86(93)98-82)66-78-106(74-48-38-28-18-8,75-49-39-29-19-9)76-50-40-30-20-10/h51-64,97,100H,11-50,67-76H2,1-10H3. The number of unbranched alkanes of at least 4 members (excludes halogenated alkanes) is 30. The number of ether oxygens (including phenoxy) is 4. The number of rotatable bonds is 56. The predicted molar refractivity (Wildman–Crippen MR) is 467 cm³/mol. The molecular weight excluding hydrogens is 1330 g/mol. The molecule has 8 nitrogen and oxygen atoms in total. The van der Waals surface area contributed by atoms with Crippen molar-refractivity contribution in [1.82, 2.24) is 19.9 Å². The molecule has 5 heterocycles. The van der Waals surface area contributed by atoms with Gasteiger partial charge in [0.05, 0.1) is 82.5 Å². The Balaban J connectivity index is 1.72. The second-order valence-corrected chi connectivity index (χ2v) is 39.9. The Labute approximate surface area is 648 Å². The van der Waals surface area contributed by atoms with E-state index in [1.807, 2.05) is 0 Å². The van der Waals surface area contributed by atoms with E-state index >= 15 is 0 Å². The van der Waals surface area contributed by atoms with Crippen LogP contribution in [0, 0.1) is 22.9 Å². The van der Waals surface area contributed by atoms with Crippen molar-refractivity contribution in [1.29, 1.82) is 0 Å². The summed E-state index contributed by atoms with van der Waals surface area (Å²) >= 11 is 0. The zero-order valence-corrected chi connectivity index (χ0v) is 71.0. The van der Waals surface area contributed by atoms with Gasteiger partial charge in [0, 0.05) is 22.2 Å². The highest BCUT2D eigenvalue weighted by Gasteiger charge is 2.33. The van der Waals surface area contributed by atoms with E-state index in [2.05, 4.69) is 187 Å². The van der Waals surface area contributed by atoms with E-state index in [1.165, 1.54) is 242 Å². The van der Waals surface area contributed by atoms with Crippen LogP contribution in [-0.2, 0) is 0 Å². The van der Waals surface area contributed by atoms with Crippen molar-refractivity contribution in [3.05, 3.63) is 94.6 Å². The first kappa shape index (κ1) is 87.0. The van der Waals surface area contributed by atoms with E-state index in [0.717, 1.165) is 153 Å². The van der Waals surface area contributed by atoms with Gasteiger partial charge in [0.15, 0.2) is 0 Å². The van der Waals surface area contributed by atoms with Gasteiger partial charge in [-0.15, -0.1) is 11.1 Å². The van der Waals surface area contributed by atoms with Crippen LogP contribution in [0.1, 0.15) is 360 Å². The summed E-state index contributed by atoms with van der Waals surface area (Å²) in [6.07, 6.45) is 56.9. The fourth-order valence-electron chi connectivity index (χ4n) is 15.7. The second kappa shape index (κ2) is 51.2. The molecule has 8 bridgehead atoms. The molecule has 582 valence electrons. The maximum atomic E-state index is 7.09. The number of nitrogens with zero attached hydrogens (tertiary/aromatic N) is 2. The van der Waals surface area contributed by atoms with Crippen molar-refractivity contribution in [3.63, 3.8) is 0 Å². The molecule has 0 unspecified atom stereocenters. The largest absolute Gasteiger partial charge is 0.493 e. The molecule has 2 N–H and O–H groups in total. The SMILES string of the molecule is CCCCCCOc1cccc(OCCCCCC)c1-c1c2nc(c(C#C[Si](CCCCCC)(CCCCCC)CCCCCC)c3ccc([nH]3)c(-c3c(OCCCCCC)cccc3OCCCCCC)c3nc(c(C#C[Si](CCCCCC)(CCCCCC)CCCCCC)c4ccc1[nH]4)C=C3)C=C2. The maximum absolute atomic E-state index is 7.09. The van der Waals surface area contributed by atoms with Gasteiger partial charge in [-0.05, 0) is 135 Å². The predicted octanol–water partition coefficient (Wildman–Crippen LogP) is 30.0. The minimum Gasteiger partial charge on any atom is -0.493 e. The molecule has 0 saturated heterocycles. The van der Waals surface area contributed by atoms with Crippen molar-refractivity contribution in [2.24, 2.45) is 0 Å². The molecule has 0 radical (unpaired) electrons. The molecule has 2 aromatic carbocycles. The first-order chi connectivity index (χ1) is 52.2. The summed E-state index contributed by atoms with van der Waals surface area (Å²) in [6.45, 7) is 25.6. The lowest BCUT2D eigenvalue weighted by Crippen LogP contribution is -2.32. The minimum atomic E-state index is -2.20. The summed E-state index contributed by atoms with van der Waals surface area (Å²) in [6, 6.07) is 29.5. The van der Waals surface area contributed by atoms with Crippen LogP contribution < -0.4 is 18.9 Å². The molecule has 2 aliphatic rings. The van der Waals surface area contributed by atoms with Crippen molar-refractivity contribution < 1.29 is 18.9 Å². The average Bonchev–Trinajstić information content (AvgIpc) is 1.58. The van der Waals surface area contributed by atoms with Crippen molar-refractivity contribution in [2.45, 2.75) is 362 Å². The number of fused-ring (bicyclic) bond motifs is 8. The van der Waals surface area contributed by atoms with Gasteiger partial charge in [-0.1, -0.05) is 324 Å². The zero-order valence-electron chi connectivity index (χ0n) is 69.0. The molecule has 0 amide bonds. The number of nitrogens with one attached hydrogen (secondary N) is 2. The lowest BCUT2D eigenvalue weighted by Gasteiger charge is -2.27. The molecule has 0 fully saturated rings. The lowest BCUT2D eigenvalue weighted by atomic mass is 10.0. The van der Waals surface area contributed by atoms with Gasteiger partial charge >= 0.3 is 0 Å². The molecule has 0 atom stereocenters. The van der Waals surface area contributed by atoms with E-state index in [1.54, 1.807) is 0 Å². The van der Waals surface area contributed by atoms with Crippen LogP contribution in [0.25, 0.3) is 68.6 Å². The van der Waals surface area contributed by atoms with E-state index in [-0.39, 0.29) is 0 Å². The number of hydrogen-bond donors (Lipinski definition) is 2. The molecule has 0 saturated carbocycles. The molecule has 0 aliphatic carbocycles. The van der Waals surface area contributed by atoms with Crippen molar-refractivity contribution in [2.75, 3.05) is 26.4 Å². The quantitative estimate of drug-likeness (QED) is 0.0224. The molecular formula is C96H146N4O4Si2. The highest BCUT2D eigenvalue weighted by molar-refractivity contribution is 6.87. The van der Waals surface area contributed by atoms with E-state index in [9.17, 15) is 0 Å². The third-order valence-corrected chi connectivity index (χ3v) is 31.4. The van der Waals surface area contributed by atoms with Crippen molar-refractivity contribution >= 4 is 62.5 Å². The second-order valence-electron chi connectivity index (χ2n) is 31.3. The third-order valence-electron chi connectivity index (χ3n) is 22.2. The van der Waals surface area contributed by atoms with Gasteiger partial charge in [-0.3, -0.25) is 0 Å². The fraction of sp³-hybridized carbons (Fsp3) is 0.625. The Bertz CT molecular complexity index is 3320. The highest BCUT2D eigenvalue weighted by atomic mass is 28.3. The highest BCUT2D eigenvalue weighted by Crippen LogP contribution is 2.46. The Morgan fingerprint density at radius 3 is 0.755 bits per heavy atom. The number of H-pyrrole nitrogens is 2. The summed E-state index contributed by atoms with van der Waals surface area (Å²) in [7, 11) is -4.39. The van der Waals surface area contributed by atoms with Crippen LogP contribution in [0.3, 0.4) is 0 Å². The molecule has 10 heteroatoms. The number of hydrogen-bond acceptors (Lipinski definition) is 6. The third kappa shape index (κ3) is 28.3. The van der Waals surface area contributed by atoms with E-state index < -0.39 is 16.1 Å². The molecule has 3 aromatic heterocycles.